The van der Waals surface area contributed by atoms with Crippen molar-refractivity contribution in [3.63, 3.8) is 0 Å². The van der Waals surface area contributed by atoms with Crippen molar-refractivity contribution < 1.29 is 77.9 Å². The van der Waals surface area contributed by atoms with Gasteiger partial charge in [0.15, 0.2) is 5.78 Å². The van der Waals surface area contributed by atoms with Crippen LogP contribution in [0, 0.1) is 30.3 Å². The van der Waals surface area contributed by atoms with Crippen molar-refractivity contribution in [1.82, 2.24) is 0 Å². The lowest BCUT2D eigenvalue weighted by Crippen LogP contribution is -2.23. The van der Waals surface area contributed by atoms with Crippen LogP contribution in [0.15, 0.2) is 79.9 Å². The first-order valence-electron chi connectivity index (χ1n) is 40.4. The lowest BCUT2D eigenvalue weighted by atomic mass is 10.00. The Kier molecular flexibility index (Phi) is 72.4. The first-order chi connectivity index (χ1) is 54.5. The predicted octanol–water partition coefficient (Wildman–Crippen LogP) is 27.5. The summed E-state index contributed by atoms with van der Waals surface area (Å²) in [4.78, 5) is 124. The Morgan fingerprint density at radius 3 is 1.05 bits per heavy atom. The second-order valence-corrected chi connectivity index (χ2v) is 36.6. The van der Waals surface area contributed by atoms with Crippen molar-refractivity contribution in [2.75, 3.05) is 13.2 Å². The SMILES string of the molecule is C=CCCCCCCCCC(=O)O.C=CCCCCCCCCC(=O)OCc1ccc(C(=O)OCCCCCCCCCC(=O)C(C)(C)Br)cc1[N+](=O)[O-].CC(C)(Br)C(=O)CCCCCCCCCCC(=O)c1ccc(CBr)c([N+](=O)[O-])c1.CC(C)(Br)C(=O)CCCCCCCCCO.II.O=C(O)c1ccc(CBr)c([N+](=O)[O-])c1. The van der Waals surface area contributed by atoms with Crippen LogP contribution in [-0.2, 0) is 50.7 Å². The maximum Gasteiger partial charge on any atom is 0.338 e. The lowest BCUT2D eigenvalue weighted by Gasteiger charge is -2.13. The second-order valence-electron chi connectivity index (χ2n) is 29.6. The molecule has 0 aliphatic heterocycles. The third-order valence-electron chi connectivity index (χ3n) is 18.3. The van der Waals surface area contributed by atoms with Gasteiger partial charge in [0.05, 0.1) is 51.0 Å². The van der Waals surface area contributed by atoms with Gasteiger partial charge in [0.1, 0.15) is 24.0 Å². The maximum absolute atomic E-state index is 12.4. The van der Waals surface area contributed by atoms with E-state index in [1.165, 1.54) is 81.3 Å². The highest BCUT2D eigenvalue weighted by Crippen LogP contribution is 2.29. The summed E-state index contributed by atoms with van der Waals surface area (Å²) in [6.07, 6.45) is 44.8. The summed E-state index contributed by atoms with van der Waals surface area (Å²) in [5.74, 6) is -2.09. The highest BCUT2D eigenvalue weighted by molar-refractivity contribution is 15.0. The van der Waals surface area contributed by atoms with Crippen molar-refractivity contribution in [1.29, 1.82) is 0 Å². The molecule has 0 saturated heterocycles. The number of aliphatic hydroxyl groups is 1. The molecule has 0 spiro atoms. The fraction of sp³-hybridized carbons (Fsp3) is 0.651. The molecule has 3 rings (SSSR count). The normalized spacial score (nSPS) is 10.9. The van der Waals surface area contributed by atoms with Gasteiger partial charge in [-0.2, -0.15) is 0 Å². The van der Waals surface area contributed by atoms with Crippen LogP contribution in [0.4, 0.5) is 17.1 Å². The molecule has 3 N–H and O–H groups in total. The molecular weight excluding hydrogens is 2030 g/mol. The first kappa shape index (κ1) is 115. The number of aliphatic hydroxyl groups excluding tert-OH is 1. The molecule has 0 aliphatic carbocycles. The summed E-state index contributed by atoms with van der Waals surface area (Å²) in [7, 11) is 0. The van der Waals surface area contributed by atoms with Crippen LogP contribution in [0.5, 0.6) is 0 Å². The molecule has 0 unspecified atom stereocenters. The van der Waals surface area contributed by atoms with E-state index >= 15 is 0 Å². The van der Waals surface area contributed by atoms with Crippen LogP contribution in [0.2, 0.25) is 0 Å². The molecule has 0 bridgehead atoms. The summed E-state index contributed by atoms with van der Waals surface area (Å²) in [6, 6.07) is 12.6. The molecule has 0 heterocycles. The first-order valence-corrected chi connectivity index (χ1v) is 51.3. The zero-order valence-corrected chi connectivity index (χ0v) is 81.1. The summed E-state index contributed by atoms with van der Waals surface area (Å²) >= 11 is 20.7. The summed E-state index contributed by atoms with van der Waals surface area (Å²) in [5.41, 5.74) is 1.25. The van der Waals surface area contributed by atoms with Crippen molar-refractivity contribution in [3.8, 4) is 0 Å². The second kappa shape index (κ2) is 72.5. The van der Waals surface area contributed by atoms with Crippen molar-refractivity contribution in [3.05, 3.63) is 144 Å². The minimum absolute atomic E-state index is 0.00544. The van der Waals surface area contributed by atoms with E-state index in [1.54, 1.807) is 12.1 Å². The molecule has 22 nitrogen and oxygen atoms in total. The van der Waals surface area contributed by atoms with E-state index in [4.69, 9.17) is 24.8 Å². The molecule has 0 saturated carbocycles. The molecule has 3 aromatic carbocycles. The van der Waals surface area contributed by atoms with E-state index in [1.807, 2.05) is 53.7 Å². The molecule has 652 valence electrons. The molecule has 0 aliphatic rings. The lowest BCUT2D eigenvalue weighted by molar-refractivity contribution is -0.386. The maximum atomic E-state index is 12.4. The van der Waals surface area contributed by atoms with E-state index in [0.717, 1.165) is 186 Å². The number of carbonyl (C=O) groups is 8. The van der Waals surface area contributed by atoms with Gasteiger partial charge in [-0.25, -0.2) is 9.59 Å². The van der Waals surface area contributed by atoms with Gasteiger partial charge in [0, 0.05) is 128 Å². The van der Waals surface area contributed by atoms with Gasteiger partial charge in [0.2, 0.25) is 0 Å². The number of nitrogens with zero attached hydrogens (tertiary/aromatic N) is 3. The number of Topliss-reactive ketones (excluding diaryl/α,β-unsaturated/α-hetero) is 4. The standard InChI is InChI=1S/C32H48BrNO7.C22H31Br2NO4.C13H25BrO2.C11H20O2.C8H6BrNO4.I2/c1-4-5-6-7-8-11-14-17-20-30(36)41-25-27-22-21-26(24-28(27)34(38)39)31(37)40-23-18-15-12-9-10-13-16-19-29(35)32(2,3)33;1-22(2,24)21(27)12-10-8-6-4-3-5-7-9-11-20(26)17-13-14-18(16-23)19(15-17)25(28)29;1-13(2,14)12(16)10-8-6-4-3-5-7-9-11-15;1-2-3-4-5-6-7-8-9-10-11(12)13;9-4-6-2-1-5(8(11)12)3-7(6)10(13)14;1-2/h4,21-22,24H,1,5-20,23,25H2,2-3H3;13-15H,3-12,16H2,1-2H3;15H,3-11H2,1-2H3;2H,1,3-10H2,(H,12,13);1-3H,4H2,(H,11,12);. The van der Waals surface area contributed by atoms with Crippen molar-refractivity contribution in [2.24, 2.45) is 0 Å². The number of carbonyl (C=O) groups excluding carboxylic acids is 6. The molecule has 3 aromatic rings. The summed E-state index contributed by atoms with van der Waals surface area (Å²) in [5, 5.41) is 59.5. The number of aromatic carboxylic acids is 1. The van der Waals surface area contributed by atoms with Crippen LogP contribution in [0.25, 0.3) is 0 Å². The number of nitro groups is 3. The van der Waals surface area contributed by atoms with Crippen LogP contribution in [-0.4, -0.2) is 103 Å². The largest absolute Gasteiger partial charge is 0.481 e. The van der Waals surface area contributed by atoms with Crippen molar-refractivity contribution in [2.45, 2.75) is 341 Å². The van der Waals surface area contributed by atoms with Gasteiger partial charge in [-0.1, -0.05) is 264 Å². The number of carboxylic acid groups (broad SMARTS) is 2. The Bertz CT molecular complexity index is 3300. The minimum atomic E-state index is -1.17. The molecule has 29 heteroatoms. The molecule has 0 atom stereocenters. The van der Waals surface area contributed by atoms with E-state index in [-0.39, 0.29) is 81.0 Å². The number of allylic oxidation sites excluding steroid dienone is 2. The fourth-order valence-electron chi connectivity index (χ4n) is 11.2. The highest BCUT2D eigenvalue weighted by Gasteiger charge is 2.26. The van der Waals surface area contributed by atoms with Crippen LogP contribution < -0.4 is 0 Å². The topological polar surface area (TPSA) is 345 Å². The van der Waals surface area contributed by atoms with Crippen LogP contribution in [0.3, 0.4) is 0 Å². The average Bonchev–Trinajstić information content (AvgIpc) is 0.842. The number of carboxylic acids is 2. The Labute approximate surface area is 750 Å². The number of esters is 2. The van der Waals surface area contributed by atoms with E-state index in [2.05, 4.69) is 130 Å². The molecule has 0 amide bonds. The number of unbranched alkanes of at least 4 members (excludes halogenated alkanes) is 31. The summed E-state index contributed by atoms with van der Waals surface area (Å²) in [6.45, 7) is 19.1. The van der Waals surface area contributed by atoms with Gasteiger partial charge in [-0.15, -0.1) is 13.2 Å². The zero-order valence-electron chi connectivity index (χ0n) is 68.9. The van der Waals surface area contributed by atoms with Crippen LogP contribution >= 0.6 is 117 Å². The third-order valence-corrected chi connectivity index (χ3v) is 20.8. The van der Waals surface area contributed by atoms with Gasteiger partial charge in [-0.3, -0.25) is 59.1 Å². The number of ketones is 4. The smallest absolute Gasteiger partial charge is 0.338 e. The van der Waals surface area contributed by atoms with Crippen molar-refractivity contribution >= 4 is 181 Å². The zero-order chi connectivity index (χ0) is 87.5. The fourth-order valence-corrected chi connectivity index (χ4v) is 12.8. The minimum Gasteiger partial charge on any atom is -0.481 e. The number of hydrogen-bond donors (Lipinski definition) is 3. The van der Waals surface area contributed by atoms with E-state index < -0.39 is 41.3 Å². The van der Waals surface area contributed by atoms with Gasteiger partial charge < -0.3 is 24.8 Å². The van der Waals surface area contributed by atoms with E-state index in [0.29, 0.717) is 78.3 Å². The Hall–Kier alpha value is -4.28. The Morgan fingerprint density at radius 1 is 0.409 bits per heavy atom. The monoisotopic (exact) mass is 2160 g/mol. The summed E-state index contributed by atoms with van der Waals surface area (Å²) < 4.78 is 9.34. The number of halogens is 7. The average molecular weight is 2160 g/mol. The third kappa shape index (κ3) is 63.4. The van der Waals surface area contributed by atoms with Gasteiger partial charge >= 0.3 is 23.9 Å². The molecule has 0 aromatic heterocycles. The predicted molar refractivity (Wildman–Crippen MR) is 497 cm³/mol. The van der Waals surface area contributed by atoms with Gasteiger partial charge in [0.25, 0.3) is 17.1 Å². The highest BCUT2D eigenvalue weighted by atomic mass is 128. The van der Waals surface area contributed by atoms with E-state index in [9.17, 15) is 68.7 Å². The quantitative estimate of drug-likeness (QED) is 0.00690. The number of hydrogen-bond acceptors (Lipinski definition) is 17. The number of rotatable bonds is 61. The Morgan fingerprint density at radius 2 is 0.704 bits per heavy atom. The number of aliphatic carboxylic acids is 1. The number of alkyl halides is 5. The molecule has 115 heavy (non-hydrogen) atoms. The Balaban J connectivity index is -0.00000146. The molecule has 0 radical (unpaired) electrons. The number of benzene rings is 3. The van der Waals surface area contributed by atoms with Crippen LogP contribution in [0.1, 0.15) is 359 Å². The number of nitro benzene ring substituents is 3. The van der Waals surface area contributed by atoms with Gasteiger partial charge in [-0.05, 0) is 137 Å². The molecule has 0 fully saturated rings. The molecular formula is C86H130Br5I2N3O19. The number of ether oxygens (including phenoxy) is 2.